The van der Waals surface area contributed by atoms with Gasteiger partial charge in [-0.3, -0.25) is 0 Å². The predicted molar refractivity (Wildman–Crippen MR) is 51.8 cm³/mol. The number of esters is 1. The van der Waals surface area contributed by atoms with Crippen LogP contribution >= 0.6 is 0 Å². The number of pyridine rings is 1. The van der Waals surface area contributed by atoms with Crippen molar-refractivity contribution in [2.24, 2.45) is 0 Å². The molecule has 0 saturated heterocycles. The third kappa shape index (κ3) is 2.10. The second kappa shape index (κ2) is 4.87. The summed E-state index contributed by atoms with van der Waals surface area (Å²) in [5.74, 6) is -0.696. The van der Waals surface area contributed by atoms with Crippen LogP contribution in [0.5, 0.6) is 5.88 Å². The number of hydrogen-bond donors (Lipinski definition) is 0. The Balaban J connectivity index is 3.42. The highest BCUT2D eigenvalue weighted by Crippen LogP contribution is 2.29. The van der Waals surface area contributed by atoms with Crippen molar-refractivity contribution in [3.05, 3.63) is 22.9 Å². The molecule has 1 rings (SSSR count). The molecule has 1 heterocycles. The Bertz CT molecular complexity index is 407. The number of halogens is 2. The first kappa shape index (κ1) is 12.4. The van der Waals surface area contributed by atoms with Crippen molar-refractivity contribution in [2.75, 3.05) is 14.2 Å². The number of hydrogen-bond acceptors (Lipinski definition) is 4. The first-order chi connectivity index (χ1) is 7.52. The van der Waals surface area contributed by atoms with Gasteiger partial charge < -0.3 is 9.47 Å². The number of nitrogens with zero attached hydrogens (tertiary/aromatic N) is 1. The number of methoxy groups -OCH3 is 2. The number of carbonyl (C=O) groups is 1. The smallest absolute Gasteiger partial charge is 0.338 e. The number of aromatic nitrogens is 1. The number of carbonyl (C=O) groups excluding carboxylic acids is 1. The van der Waals surface area contributed by atoms with E-state index in [0.29, 0.717) is 0 Å². The molecule has 0 atom stereocenters. The number of rotatable bonds is 3. The molecule has 0 spiro atoms. The Morgan fingerprint density at radius 3 is 2.50 bits per heavy atom. The second-order valence-electron chi connectivity index (χ2n) is 3.02. The lowest BCUT2D eigenvalue weighted by Gasteiger charge is -2.12. The lowest BCUT2D eigenvalue weighted by molar-refractivity contribution is 0.0587. The molecule has 0 aliphatic carbocycles. The molecule has 0 bridgehead atoms. The monoisotopic (exact) mass is 231 g/mol. The van der Waals surface area contributed by atoms with Crippen LogP contribution in [0.3, 0.4) is 0 Å². The van der Waals surface area contributed by atoms with Crippen LogP contribution < -0.4 is 4.74 Å². The summed E-state index contributed by atoms with van der Waals surface area (Å²) in [7, 11) is 2.47. The van der Waals surface area contributed by atoms with Gasteiger partial charge in [0.15, 0.2) is 0 Å². The molecule has 0 aliphatic rings. The van der Waals surface area contributed by atoms with Crippen LogP contribution in [0.15, 0.2) is 6.20 Å². The molecular weight excluding hydrogens is 220 g/mol. The van der Waals surface area contributed by atoms with Crippen molar-refractivity contribution in [3.63, 3.8) is 0 Å². The van der Waals surface area contributed by atoms with Crippen molar-refractivity contribution in [2.45, 2.75) is 13.3 Å². The first-order valence-corrected chi connectivity index (χ1v) is 4.42. The summed E-state index contributed by atoms with van der Waals surface area (Å²) in [6, 6.07) is 0. The lowest BCUT2D eigenvalue weighted by atomic mass is 10.1. The molecule has 0 fully saturated rings. The van der Waals surface area contributed by atoms with Gasteiger partial charge in [0.1, 0.15) is 0 Å². The van der Waals surface area contributed by atoms with E-state index in [9.17, 15) is 13.6 Å². The van der Waals surface area contributed by atoms with Gasteiger partial charge in [-0.2, -0.15) is 0 Å². The van der Waals surface area contributed by atoms with Crippen LogP contribution in [0, 0.1) is 6.92 Å². The zero-order valence-corrected chi connectivity index (χ0v) is 9.08. The largest absolute Gasteiger partial charge is 0.481 e. The molecule has 1 aromatic heterocycles. The summed E-state index contributed by atoms with van der Waals surface area (Å²) >= 11 is 0. The van der Waals surface area contributed by atoms with E-state index in [2.05, 4.69) is 9.72 Å². The van der Waals surface area contributed by atoms with Gasteiger partial charge in [0.2, 0.25) is 5.88 Å². The molecule has 1 aromatic rings. The normalized spacial score (nSPS) is 10.4. The molecule has 0 aliphatic heterocycles. The summed E-state index contributed by atoms with van der Waals surface area (Å²) in [5.41, 5.74) is -0.401. The summed E-state index contributed by atoms with van der Waals surface area (Å²) in [6.45, 7) is 1.48. The summed E-state index contributed by atoms with van der Waals surface area (Å²) in [5, 5.41) is 0. The zero-order chi connectivity index (χ0) is 12.3. The van der Waals surface area contributed by atoms with E-state index in [4.69, 9.17) is 4.74 Å². The van der Waals surface area contributed by atoms with Crippen molar-refractivity contribution < 1.29 is 23.0 Å². The Morgan fingerprint density at radius 1 is 1.44 bits per heavy atom. The number of alkyl halides is 2. The Kier molecular flexibility index (Phi) is 3.76. The highest BCUT2D eigenvalue weighted by molar-refractivity contribution is 5.93. The molecule has 0 amide bonds. The minimum Gasteiger partial charge on any atom is -0.481 e. The maximum Gasteiger partial charge on any atom is 0.338 e. The van der Waals surface area contributed by atoms with Gasteiger partial charge in [-0.05, 0) is 6.92 Å². The molecular formula is C10H11F2NO3. The lowest BCUT2D eigenvalue weighted by Crippen LogP contribution is -2.10. The molecule has 0 radical (unpaired) electrons. The molecule has 0 saturated carbocycles. The van der Waals surface area contributed by atoms with Crippen molar-refractivity contribution in [1.82, 2.24) is 4.98 Å². The van der Waals surface area contributed by atoms with Crippen molar-refractivity contribution >= 4 is 5.97 Å². The second-order valence-corrected chi connectivity index (χ2v) is 3.02. The van der Waals surface area contributed by atoms with Crippen LogP contribution in [0.25, 0.3) is 0 Å². The van der Waals surface area contributed by atoms with Gasteiger partial charge in [0.05, 0.1) is 25.3 Å². The van der Waals surface area contributed by atoms with E-state index >= 15 is 0 Å². The van der Waals surface area contributed by atoms with Gasteiger partial charge in [-0.1, -0.05) is 0 Å². The predicted octanol–water partition coefficient (Wildman–Crippen LogP) is 2.12. The fourth-order valence-corrected chi connectivity index (χ4v) is 1.36. The minimum absolute atomic E-state index is 0.129. The fraction of sp³-hybridized carbons (Fsp3) is 0.400. The SMILES string of the molecule is COC(=O)c1c(C(F)F)cnc(OC)c1C. The third-order valence-electron chi connectivity index (χ3n) is 2.12. The van der Waals surface area contributed by atoms with E-state index in [1.807, 2.05) is 0 Å². The molecule has 16 heavy (non-hydrogen) atoms. The highest BCUT2D eigenvalue weighted by atomic mass is 19.3. The van der Waals surface area contributed by atoms with Crippen LogP contribution in [-0.2, 0) is 4.74 Å². The Morgan fingerprint density at radius 2 is 2.06 bits per heavy atom. The van der Waals surface area contributed by atoms with Crippen LogP contribution in [-0.4, -0.2) is 25.2 Å². The van der Waals surface area contributed by atoms with Gasteiger partial charge in [0.25, 0.3) is 6.43 Å². The topological polar surface area (TPSA) is 48.4 Å². The Hall–Kier alpha value is -1.72. The quantitative estimate of drug-likeness (QED) is 0.747. The summed E-state index contributed by atoms with van der Waals surface area (Å²) < 4.78 is 34.6. The van der Waals surface area contributed by atoms with Crippen LogP contribution in [0.4, 0.5) is 8.78 Å². The fourth-order valence-electron chi connectivity index (χ4n) is 1.36. The maximum atomic E-state index is 12.7. The molecule has 0 unspecified atom stereocenters. The van der Waals surface area contributed by atoms with E-state index in [0.717, 1.165) is 13.3 Å². The molecule has 0 aromatic carbocycles. The average molecular weight is 231 g/mol. The molecule has 0 N–H and O–H groups in total. The number of ether oxygens (including phenoxy) is 2. The van der Waals surface area contributed by atoms with E-state index in [1.165, 1.54) is 14.0 Å². The van der Waals surface area contributed by atoms with Gasteiger partial charge >= 0.3 is 5.97 Å². The van der Waals surface area contributed by atoms with E-state index in [-0.39, 0.29) is 17.0 Å². The van der Waals surface area contributed by atoms with Crippen LogP contribution in [0.2, 0.25) is 0 Å². The first-order valence-electron chi connectivity index (χ1n) is 4.42. The van der Waals surface area contributed by atoms with E-state index < -0.39 is 18.0 Å². The molecule has 88 valence electrons. The van der Waals surface area contributed by atoms with Crippen LogP contribution in [0.1, 0.15) is 27.9 Å². The third-order valence-corrected chi connectivity index (χ3v) is 2.12. The highest BCUT2D eigenvalue weighted by Gasteiger charge is 2.24. The summed E-state index contributed by atoms with van der Waals surface area (Å²) in [6.07, 6.45) is -1.87. The molecule has 6 heteroatoms. The minimum atomic E-state index is -2.79. The van der Waals surface area contributed by atoms with Gasteiger partial charge in [-0.15, -0.1) is 0 Å². The average Bonchev–Trinajstić information content (AvgIpc) is 2.27. The maximum absolute atomic E-state index is 12.7. The van der Waals surface area contributed by atoms with Gasteiger partial charge in [-0.25, -0.2) is 18.6 Å². The van der Waals surface area contributed by atoms with Gasteiger partial charge in [0, 0.05) is 11.8 Å². The standard InChI is InChI=1S/C10H11F2NO3/c1-5-7(10(14)16-3)6(8(11)12)4-13-9(5)15-2/h4,8H,1-3H3. The van der Waals surface area contributed by atoms with E-state index in [1.54, 1.807) is 0 Å². The van der Waals surface area contributed by atoms with Crippen molar-refractivity contribution in [3.8, 4) is 5.88 Å². The van der Waals surface area contributed by atoms with Crippen molar-refractivity contribution in [1.29, 1.82) is 0 Å². The summed E-state index contributed by atoms with van der Waals surface area (Å²) in [4.78, 5) is 15.1. The Labute approximate surface area is 91.2 Å². The zero-order valence-electron chi connectivity index (χ0n) is 9.08. The molecule has 4 nitrogen and oxygen atoms in total.